The van der Waals surface area contributed by atoms with Crippen LogP contribution in [0.4, 0.5) is 0 Å². The van der Waals surface area contributed by atoms with Crippen molar-refractivity contribution in [3.63, 3.8) is 0 Å². The van der Waals surface area contributed by atoms with E-state index in [2.05, 4.69) is 35.6 Å². The molecule has 0 unspecified atom stereocenters. The smallest absolute Gasteiger partial charge is 0.216 e. The van der Waals surface area contributed by atoms with Gasteiger partial charge in [-0.3, -0.25) is 9.59 Å². The van der Waals surface area contributed by atoms with E-state index in [0.29, 0.717) is 12.3 Å². The van der Waals surface area contributed by atoms with E-state index in [1.807, 2.05) is 24.3 Å². The number of amides is 1. The molecule has 25 heavy (non-hydrogen) atoms. The largest absolute Gasteiger partial charge is 0.356 e. The Kier molecular flexibility index (Phi) is 5.89. The lowest BCUT2D eigenvalue weighted by atomic mass is 10.1. The molecule has 0 saturated carbocycles. The molecule has 1 aromatic heterocycles. The number of benzene rings is 2. The zero-order valence-corrected chi connectivity index (χ0v) is 15.6. The molecule has 3 nitrogen and oxygen atoms in total. The topological polar surface area (TPSA) is 46.2 Å². The maximum atomic E-state index is 12.4. The van der Waals surface area contributed by atoms with E-state index in [0.717, 1.165) is 21.1 Å². The number of fused-ring (bicyclic) bond motifs is 1. The lowest BCUT2D eigenvalue weighted by molar-refractivity contribution is -0.118. The van der Waals surface area contributed by atoms with Crippen LogP contribution in [0.5, 0.6) is 0 Å². The molecule has 0 aliphatic rings. The molecule has 128 valence electrons. The van der Waals surface area contributed by atoms with E-state index in [-0.39, 0.29) is 11.7 Å². The number of nitrogens with one attached hydrogen (secondary N) is 1. The Balaban J connectivity index is 1.56. The number of carbonyl (C=O) groups is 2. The zero-order valence-electron chi connectivity index (χ0n) is 14.0. The highest BCUT2D eigenvalue weighted by Gasteiger charge is 2.10. The fourth-order valence-electron chi connectivity index (χ4n) is 2.50. The predicted molar refractivity (Wildman–Crippen MR) is 106 cm³/mol. The fraction of sp³-hybridized carbons (Fsp3) is 0.200. The molecule has 0 spiro atoms. The molecule has 0 saturated heterocycles. The number of rotatable bonds is 7. The Bertz CT molecular complexity index is 901. The van der Waals surface area contributed by atoms with Crippen LogP contribution < -0.4 is 5.32 Å². The SMILES string of the molecule is CC(=O)NCCc1ccc(C(=O)CSc2ccc3ccccc3c2)s1. The van der Waals surface area contributed by atoms with Crippen molar-refractivity contribution in [1.82, 2.24) is 5.32 Å². The van der Waals surface area contributed by atoms with E-state index in [4.69, 9.17) is 0 Å². The van der Waals surface area contributed by atoms with Gasteiger partial charge in [0, 0.05) is 23.2 Å². The quantitative estimate of drug-likeness (QED) is 0.491. The van der Waals surface area contributed by atoms with Crippen LogP contribution in [0.1, 0.15) is 21.5 Å². The molecular weight excluding hydrogens is 350 g/mol. The van der Waals surface area contributed by atoms with Gasteiger partial charge in [0.25, 0.3) is 0 Å². The molecule has 1 N–H and O–H groups in total. The highest BCUT2D eigenvalue weighted by atomic mass is 32.2. The highest BCUT2D eigenvalue weighted by Crippen LogP contribution is 2.26. The predicted octanol–water partition coefficient (Wildman–Crippen LogP) is 4.55. The number of thioether (sulfide) groups is 1. The first-order chi connectivity index (χ1) is 12.1. The first-order valence-electron chi connectivity index (χ1n) is 8.10. The minimum absolute atomic E-state index is 0.0281. The van der Waals surface area contributed by atoms with Crippen molar-refractivity contribution in [1.29, 1.82) is 0 Å². The molecule has 0 radical (unpaired) electrons. The van der Waals surface area contributed by atoms with Gasteiger partial charge in [0.05, 0.1) is 10.6 Å². The third kappa shape index (κ3) is 4.94. The molecule has 3 aromatic rings. The molecule has 0 atom stereocenters. The van der Waals surface area contributed by atoms with Gasteiger partial charge in [0.15, 0.2) is 5.78 Å². The number of hydrogen-bond acceptors (Lipinski definition) is 4. The molecule has 1 amide bonds. The third-order valence-electron chi connectivity index (χ3n) is 3.77. The average molecular weight is 370 g/mol. The van der Waals surface area contributed by atoms with Crippen molar-refractivity contribution in [2.75, 3.05) is 12.3 Å². The van der Waals surface area contributed by atoms with Gasteiger partial charge in [-0.05, 0) is 41.5 Å². The fourth-order valence-corrected chi connectivity index (χ4v) is 4.37. The summed E-state index contributed by atoms with van der Waals surface area (Å²) in [7, 11) is 0. The van der Waals surface area contributed by atoms with Crippen LogP contribution in [0.25, 0.3) is 10.8 Å². The number of thiophene rings is 1. The molecule has 0 aliphatic heterocycles. The average Bonchev–Trinajstić information content (AvgIpc) is 3.08. The van der Waals surface area contributed by atoms with Crippen molar-refractivity contribution in [3.05, 3.63) is 64.4 Å². The highest BCUT2D eigenvalue weighted by molar-refractivity contribution is 8.00. The molecule has 1 heterocycles. The maximum absolute atomic E-state index is 12.4. The van der Waals surface area contributed by atoms with E-state index in [1.165, 1.54) is 29.0 Å². The summed E-state index contributed by atoms with van der Waals surface area (Å²) in [6.45, 7) is 2.11. The van der Waals surface area contributed by atoms with Crippen LogP contribution in [0.15, 0.2) is 59.5 Å². The van der Waals surface area contributed by atoms with Crippen LogP contribution in [-0.2, 0) is 11.2 Å². The Labute approximate surface area is 155 Å². The van der Waals surface area contributed by atoms with E-state index in [9.17, 15) is 9.59 Å². The molecule has 3 rings (SSSR count). The van der Waals surface area contributed by atoms with Crippen LogP contribution in [0.3, 0.4) is 0 Å². The second kappa shape index (κ2) is 8.32. The van der Waals surface area contributed by atoms with Crippen molar-refractivity contribution >= 4 is 45.6 Å². The standard InChI is InChI=1S/C20H19NO2S2/c1-14(22)21-11-10-17-8-9-20(25-17)19(23)13-24-18-7-6-15-4-2-3-5-16(15)12-18/h2-9,12H,10-11,13H2,1H3,(H,21,22). The van der Waals surface area contributed by atoms with Crippen molar-refractivity contribution in [2.45, 2.75) is 18.2 Å². The van der Waals surface area contributed by atoms with Gasteiger partial charge in [-0.25, -0.2) is 0 Å². The number of ketones is 1. The van der Waals surface area contributed by atoms with Gasteiger partial charge in [-0.15, -0.1) is 23.1 Å². The minimum atomic E-state index is -0.0281. The van der Waals surface area contributed by atoms with Gasteiger partial charge in [0.2, 0.25) is 5.91 Å². The van der Waals surface area contributed by atoms with Crippen molar-refractivity contribution in [3.8, 4) is 0 Å². The van der Waals surface area contributed by atoms with Gasteiger partial charge in [0.1, 0.15) is 0 Å². The Hall–Kier alpha value is -2.11. The van der Waals surface area contributed by atoms with Gasteiger partial charge in [-0.1, -0.05) is 30.3 Å². The summed E-state index contributed by atoms with van der Waals surface area (Å²) in [5, 5.41) is 5.17. The Morgan fingerprint density at radius 2 is 1.84 bits per heavy atom. The maximum Gasteiger partial charge on any atom is 0.216 e. The Morgan fingerprint density at radius 3 is 2.64 bits per heavy atom. The first kappa shape index (κ1) is 17.7. The zero-order chi connectivity index (χ0) is 17.6. The number of Topliss-reactive ketones (excluding diaryl/α,β-unsaturated/α-hetero) is 1. The van der Waals surface area contributed by atoms with Gasteiger partial charge in [-0.2, -0.15) is 0 Å². The number of carbonyl (C=O) groups excluding carboxylic acids is 2. The summed E-state index contributed by atoms with van der Waals surface area (Å²) >= 11 is 3.09. The summed E-state index contributed by atoms with van der Waals surface area (Å²) in [5.74, 6) is 0.554. The normalized spacial score (nSPS) is 10.8. The lowest BCUT2D eigenvalue weighted by Crippen LogP contribution is -2.22. The number of hydrogen-bond donors (Lipinski definition) is 1. The second-order valence-electron chi connectivity index (χ2n) is 5.72. The Morgan fingerprint density at radius 1 is 1.04 bits per heavy atom. The van der Waals surface area contributed by atoms with E-state index < -0.39 is 0 Å². The summed E-state index contributed by atoms with van der Waals surface area (Å²) in [4.78, 5) is 26.3. The van der Waals surface area contributed by atoms with Crippen molar-refractivity contribution in [2.24, 2.45) is 0 Å². The van der Waals surface area contributed by atoms with Crippen LogP contribution in [0, 0.1) is 0 Å². The van der Waals surface area contributed by atoms with Crippen LogP contribution >= 0.6 is 23.1 Å². The van der Waals surface area contributed by atoms with E-state index in [1.54, 1.807) is 11.8 Å². The van der Waals surface area contributed by atoms with Crippen molar-refractivity contribution < 1.29 is 9.59 Å². The summed E-state index contributed by atoms with van der Waals surface area (Å²) in [5.41, 5.74) is 0. The molecule has 0 bridgehead atoms. The summed E-state index contributed by atoms with van der Waals surface area (Å²) in [6.07, 6.45) is 0.759. The summed E-state index contributed by atoms with van der Waals surface area (Å²) < 4.78 is 0. The van der Waals surface area contributed by atoms with E-state index >= 15 is 0 Å². The first-order valence-corrected chi connectivity index (χ1v) is 9.90. The lowest BCUT2D eigenvalue weighted by Gasteiger charge is -2.03. The summed E-state index contributed by atoms with van der Waals surface area (Å²) in [6, 6.07) is 18.4. The molecule has 2 aromatic carbocycles. The molecule has 5 heteroatoms. The van der Waals surface area contributed by atoms with Crippen LogP contribution in [-0.4, -0.2) is 24.0 Å². The monoisotopic (exact) mass is 369 g/mol. The van der Waals surface area contributed by atoms with Crippen LogP contribution in [0.2, 0.25) is 0 Å². The molecule has 0 fully saturated rings. The molecular formula is C20H19NO2S2. The third-order valence-corrected chi connectivity index (χ3v) is 5.95. The molecule has 0 aliphatic carbocycles. The second-order valence-corrected chi connectivity index (χ2v) is 7.94. The van der Waals surface area contributed by atoms with Gasteiger partial charge < -0.3 is 5.32 Å². The minimum Gasteiger partial charge on any atom is -0.356 e. The van der Waals surface area contributed by atoms with Gasteiger partial charge >= 0.3 is 0 Å².